The van der Waals surface area contributed by atoms with Gasteiger partial charge in [0.2, 0.25) is 0 Å². The summed E-state index contributed by atoms with van der Waals surface area (Å²) in [5.74, 6) is 2.53. The van der Waals surface area contributed by atoms with Gasteiger partial charge in [-0.15, -0.1) is 0 Å². The third kappa shape index (κ3) is 4.44. The van der Waals surface area contributed by atoms with Gasteiger partial charge in [0.1, 0.15) is 12.4 Å². The molecule has 1 aliphatic rings. The van der Waals surface area contributed by atoms with E-state index in [1.807, 2.05) is 44.2 Å². The maximum absolute atomic E-state index is 6.24. The van der Waals surface area contributed by atoms with Crippen LogP contribution in [0.3, 0.4) is 0 Å². The summed E-state index contributed by atoms with van der Waals surface area (Å²) >= 11 is 0. The van der Waals surface area contributed by atoms with E-state index in [1.54, 1.807) is 0 Å². The standard InChI is InChI=1S/C26H29NO3/c1-3-28-24-16-20-14-15-27-26(22(20)17-25(24)29-4-2)21-12-8-9-13-23(21)30-18-19-10-6-5-7-11-19/h5-13,16-17,26-27H,3-4,14-15,18H2,1-2H3. The molecule has 1 N–H and O–H groups in total. The van der Waals surface area contributed by atoms with E-state index in [9.17, 15) is 0 Å². The normalized spacial score (nSPS) is 15.3. The van der Waals surface area contributed by atoms with Gasteiger partial charge in [0.15, 0.2) is 11.5 Å². The number of hydrogen-bond acceptors (Lipinski definition) is 4. The molecular weight excluding hydrogens is 374 g/mol. The second-order valence-corrected chi connectivity index (χ2v) is 7.31. The first-order valence-corrected chi connectivity index (χ1v) is 10.7. The van der Waals surface area contributed by atoms with Crippen molar-refractivity contribution >= 4 is 0 Å². The number of ether oxygens (including phenoxy) is 3. The highest BCUT2D eigenvalue weighted by molar-refractivity contribution is 5.53. The van der Waals surface area contributed by atoms with Crippen LogP contribution < -0.4 is 19.5 Å². The summed E-state index contributed by atoms with van der Waals surface area (Å²) < 4.78 is 18.0. The maximum atomic E-state index is 6.24. The Labute approximate surface area is 178 Å². The summed E-state index contributed by atoms with van der Waals surface area (Å²) in [6, 6.07) is 22.9. The monoisotopic (exact) mass is 403 g/mol. The summed E-state index contributed by atoms with van der Waals surface area (Å²) in [4.78, 5) is 0. The predicted molar refractivity (Wildman–Crippen MR) is 120 cm³/mol. The van der Waals surface area contributed by atoms with Gasteiger partial charge in [-0.3, -0.25) is 0 Å². The first kappa shape index (κ1) is 20.3. The number of benzene rings is 3. The molecule has 4 heteroatoms. The van der Waals surface area contributed by atoms with Crippen LogP contribution in [0.15, 0.2) is 66.7 Å². The molecule has 1 heterocycles. The minimum Gasteiger partial charge on any atom is -0.490 e. The van der Waals surface area contributed by atoms with Crippen LogP contribution in [-0.4, -0.2) is 19.8 Å². The molecule has 0 saturated carbocycles. The Morgan fingerprint density at radius 3 is 2.23 bits per heavy atom. The Kier molecular flexibility index (Phi) is 6.55. The summed E-state index contributed by atoms with van der Waals surface area (Å²) in [6.07, 6.45) is 0.964. The fraction of sp³-hybridized carbons (Fsp3) is 0.308. The number of fused-ring (bicyclic) bond motifs is 1. The molecule has 4 rings (SSSR count). The average Bonchev–Trinajstić information content (AvgIpc) is 2.79. The van der Waals surface area contributed by atoms with Crippen LogP contribution in [0.4, 0.5) is 0 Å². The summed E-state index contributed by atoms with van der Waals surface area (Å²) in [7, 11) is 0. The second-order valence-electron chi connectivity index (χ2n) is 7.31. The highest BCUT2D eigenvalue weighted by Crippen LogP contribution is 2.40. The van der Waals surface area contributed by atoms with Gasteiger partial charge in [-0.2, -0.15) is 0 Å². The molecule has 0 fully saturated rings. The van der Waals surface area contributed by atoms with Crippen LogP contribution in [0.2, 0.25) is 0 Å². The molecule has 1 atom stereocenters. The van der Waals surface area contributed by atoms with Crippen molar-refractivity contribution in [3.63, 3.8) is 0 Å². The van der Waals surface area contributed by atoms with E-state index < -0.39 is 0 Å². The van der Waals surface area contributed by atoms with E-state index in [0.717, 1.165) is 41.3 Å². The Balaban J connectivity index is 1.67. The molecule has 0 radical (unpaired) electrons. The fourth-order valence-corrected chi connectivity index (χ4v) is 3.96. The van der Waals surface area contributed by atoms with E-state index in [2.05, 4.69) is 41.7 Å². The van der Waals surface area contributed by atoms with Gasteiger partial charge in [-0.05, 0) is 55.2 Å². The van der Waals surface area contributed by atoms with E-state index in [1.165, 1.54) is 11.1 Å². The Morgan fingerprint density at radius 2 is 1.47 bits per heavy atom. The number of nitrogens with one attached hydrogen (secondary N) is 1. The minimum atomic E-state index is 0.0515. The Morgan fingerprint density at radius 1 is 0.767 bits per heavy atom. The molecule has 4 nitrogen and oxygen atoms in total. The summed E-state index contributed by atoms with van der Waals surface area (Å²) in [5.41, 5.74) is 4.82. The Hall–Kier alpha value is -2.98. The van der Waals surface area contributed by atoms with E-state index in [4.69, 9.17) is 14.2 Å². The van der Waals surface area contributed by atoms with Gasteiger partial charge < -0.3 is 19.5 Å². The topological polar surface area (TPSA) is 39.7 Å². The van der Waals surface area contributed by atoms with Crippen LogP contribution in [0.1, 0.15) is 42.1 Å². The molecule has 1 aliphatic heterocycles. The lowest BCUT2D eigenvalue weighted by atomic mass is 9.89. The largest absolute Gasteiger partial charge is 0.490 e. The van der Waals surface area contributed by atoms with Crippen molar-refractivity contribution in [2.45, 2.75) is 32.9 Å². The highest BCUT2D eigenvalue weighted by Gasteiger charge is 2.26. The van der Waals surface area contributed by atoms with Gasteiger partial charge in [0.25, 0.3) is 0 Å². The van der Waals surface area contributed by atoms with E-state index in [-0.39, 0.29) is 6.04 Å². The van der Waals surface area contributed by atoms with Crippen LogP contribution in [0.5, 0.6) is 17.2 Å². The zero-order chi connectivity index (χ0) is 20.8. The third-order valence-corrected chi connectivity index (χ3v) is 5.33. The lowest BCUT2D eigenvalue weighted by Gasteiger charge is -2.30. The zero-order valence-electron chi connectivity index (χ0n) is 17.7. The molecule has 0 aromatic heterocycles. The molecule has 30 heavy (non-hydrogen) atoms. The van der Waals surface area contributed by atoms with Crippen molar-refractivity contribution in [3.05, 3.63) is 89.0 Å². The smallest absolute Gasteiger partial charge is 0.161 e. The lowest BCUT2D eigenvalue weighted by Crippen LogP contribution is -2.31. The van der Waals surface area contributed by atoms with Crippen LogP contribution in [-0.2, 0) is 13.0 Å². The van der Waals surface area contributed by atoms with Gasteiger partial charge in [0, 0.05) is 12.1 Å². The summed E-state index contributed by atoms with van der Waals surface area (Å²) in [6.45, 7) is 6.68. The molecule has 0 aliphatic carbocycles. The molecule has 0 bridgehead atoms. The number of para-hydroxylation sites is 1. The summed E-state index contributed by atoms with van der Waals surface area (Å²) in [5, 5.41) is 3.67. The average molecular weight is 404 g/mol. The molecule has 0 spiro atoms. The molecule has 3 aromatic carbocycles. The van der Waals surface area contributed by atoms with Crippen LogP contribution >= 0.6 is 0 Å². The molecule has 1 unspecified atom stereocenters. The van der Waals surface area contributed by atoms with Crippen molar-refractivity contribution in [3.8, 4) is 17.2 Å². The second kappa shape index (κ2) is 9.68. The van der Waals surface area contributed by atoms with Crippen LogP contribution in [0.25, 0.3) is 0 Å². The van der Waals surface area contributed by atoms with Gasteiger partial charge in [-0.1, -0.05) is 48.5 Å². The predicted octanol–water partition coefficient (Wildman–Crippen LogP) is 5.30. The van der Waals surface area contributed by atoms with Gasteiger partial charge >= 0.3 is 0 Å². The first-order chi connectivity index (χ1) is 14.8. The molecule has 156 valence electrons. The lowest BCUT2D eigenvalue weighted by molar-refractivity contribution is 0.286. The van der Waals surface area contributed by atoms with Crippen molar-refractivity contribution < 1.29 is 14.2 Å². The SMILES string of the molecule is CCOc1cc2c(cc1OCC)C(c1ccccc1OCc1ccccc1)NCC2. The van der Waals surface area contributed by atoms with E-state index in [0.29, 0.717) is 19.8 Å². The maximum Gasteiger partial charge on any atom is 0.161 e. The fourth-order valence-electron chi connectivity index (χ4n) is 3.96. The number of hydrogen-bond donors (Lipinski definition) is 1. The quantitative estimate of drug-likeness (QED) is 0.554. The zero-order valence-corrected chi connectivity index (χ0v) is 17.7. The van der Waals surface area contributed by atoms with Crippen LogP contribution in [0, 0.1) is 0 Å². The molecular formula is C26H29NO3. The molecule has 3 aromatic rings. The van der Waals surface area contributed by atoms with Gasteiger partial charge in [0.05, 0.1) is 19.3 Å². The molecule has 0 saturated heterocycles. The van der Waals surface area contributed by atoms with Crippen molar-refractivity contribution in [2.75, 3.05) is 19.8 Å². The minimum absolute atomic E-state index is 0.0515. The first-order valence-electron chi connectivity index (χ1n) is 10.7. The van der Waals surface area contributed by atoms with Crippen molar-refractivity contribution in [1.29, 1.82) is 0 Å². The molecule has 0 amide bonds. The highest BCUT2D eigenvalue weighted by atomic mass is 16.5. The van der Waals surface area contributed by atoms with Gasteiger partial charge in [-0.25, -0.2) is 0 Å². The van der Waals surface area contributed by atoms with Crippen molar-refractivity contribution in [1.82, 2.24) is 5.32 Å². The Bertz CT molecular complexity index is 971. The van der Waals surface area contributed by atoms with E-state index >= 15 is 0 Å². The third-order valence-electron chi connectivity index (χ3n) is 5.33. The van der Waals surface area contributed by atoms with Crippen molar-refractivity contribution in [2.24, 2.45) is 0 Å². The number of rotatable bonds is 8.